The van der Waals surface area contributed by atoms with E-state index >= 15 is 0 Å². The van der Waals surface area contributed by atoms with Crippen LogP contribution in [0.25, 0.3) is 22.4 Å². The molecule has 0 radical (unpaired) electrons. The van der Waals surface area contributed by atoms with Crippen molar-refractivity contribution in [3.05, 3.63) is 70.7 Å². The summed E-state index contributed by atoms with van der Waals surface area (Å²) in [5.41, 5.74) is 3.14. The molecule has 0 fully saturated rings. The van der Waals surface area contributed by atoms with E-state index in [9.17, 15) is 9.59 Å². The second kappa shape index (κ2) is 11.0. The molecule has 192 valence electrons. The van der Waals surface area contributed by atoms with Gasteiger partial charge in [0.1, 0.15) is 5.75 Å². The van der Waals surface area contributed by atoms with Crippen LogP contribution in [0.1, 0.15) is 36.7 Å². The standard InChI is InChI=1S/C27H28ClN5O4/c1-16(34)33-27(2,3)19-8-10-20(11-9-19)37-26-30-22-15-21(28)23(31-24(22)32-26)17-6-5-7-18(14-17)25(35)29-12-13-36-4/h5-11,14-15H,12-13H2,1-4H3,(H,29,35)(H,33,34)(H,30,31,32). The van der Waals surface area contributed by atoms with Crippen LogP contribution >= 0.6 is 11.6 Å². The monoisotopic (exact) mass is 521 g/mol. The minimum Gasteiger partial charge on any atom is -0.426 e. The van der Waals surface area contributed by atoms with Gasteiger partial charge in [0.05, 0.1) is 28.4 Å². The van der Waals surface area contributed by atoms with Crippen LogP contribution in [0.4, 0.5) is 0 Å². The van der Waals surface area contributed by atoms with Gasteiger partial charge in [0, 0.05) is 31.7 Å². The van der Waals surface area contributed by atoms with E-state index in [-0.39, 0.29) is 17.8 Å². The first kappa shape index (κ1) is 26.1. The molecule has 4 aromatic rings. The molecule has 0 aliphatic carbocycles. The van der Waals surface area contributed by atoms with Gasteiger partial charge >= 0.3 is 6.01 Å². The van der Waals surface area contributed by atoms with Crippen molar-refractivity contribution in [1.29, 1.82) is 0 Å². The predicted molar refractivity (Wildman–Crippen MR) is 142 cm³/mol. The number of nitrogens with one attached hydrogen (secondary N) is 3. The summed E-state index contributed by atoms with van der Waals surface area (Å²) in [5.74, 6) is 0.258. The lowest BCUT2D eigenvalue weighted by Gasteiger charge is -2.26. The number of benzene rings is 2. The number of imidazole rings is 1. The van der Waals surface area contributed by atoms with Crippen LogP contribution < -0.4 is 15.4 Å². The first-order valence-electron chi connectivity index (χ1n) is 11.7. The zero-order chi connectivity index (χ0) is 26.6. The van der Waals surface area contributed by atoms with Gasteiger partial charge in [-0.05, 0) is 49.7 Å². The summed E-state index contributed by atoms with van der Waals surface area (Å²) < 4.78 is 10.9. The fraction of sp³-hybridized carbons (Fsp3) is 0.259. The maximum absolute atomic E-state index is 12.4. The van der Waals surface area contributed by atoms with Crippen molar-refractivity contribution in [3.63, 3.8) is 0 Å². The van der Waals surface area contributed by atoms with Gasteiger partial charge in [-0.25, -0.2) is 4.98 Å². The number of hydrogen-bond donors (Lipinski definition) is 3. The van der Waals surface area contributed by atoms with Crippen LogP contribution in [0.5, 0.6) is 11.8 Å². The van der Waals surface area contributed by atoms with E-state index in [1.807, 2.05) is 32.0 Å². The first-order chi connectivity index (χ1) is 17.7. The number of aromatic nitrogens is 3. The van der Waals surface area contributed by atoms with E-state index in [1.54, 1.807) is 43.5 Å². The molecule has 0 spiro atoms. The van der Waals surface area contributed by atoms with E-state index < -0.39 is 5.54 Å². The van der Waals surface area contributed by atoms with Crippen molar-refractivity contribution >= 4 is 34.6 Å². The Hall–Kier alpha value is -3.95. The lowest BCUT2D eigenvalue weighted by molar-refractivity contribution is -0.120. The summed E-state index contributed by atoms with van der Waals surface area (Å²) >= 11 is 6.54. The molecule has 2 aromatic heterocycles. The SMILES string of the molecule is COCCNC(=O)c1cccc(-c2nc3nc(Oc4ccc(C(C)(C)NC(C)=O)cc4)[nH]c3cc2Cl)c1. The van der Waals surface area contributed by atoms with Crippen molar-refractivity contribution in [2.45, 2.75) is 26.3 Å². The number of hydrogen-bond acceptors (Lipinski definition) is 6. The van der Waals surface area contributed by atoms with Gasteiger partial charge in [-0.3, -0.25) is 9.59 Å². The molecule has 0 saturated heterocycles. The summed E-state index contributed by atoms with van der Waals surface area (Å²) in [5, 5.41) is 6.13. The molecular formula is C27H28ClN5O4. The number of pyridine rings is 1. The summed E-state index contributed by atoms with van der Waals surface area (Å²) in [7, 11) is 1.58. The Labute approximate surface area is 219 Å². The molecule has 2 aromatic carbocycles. The van der Waals surface area contributed by atoms with E-state index in [0.717, 1.165) is 5.56 Å². The number of rotatable bonds is 9. The van der Waals surface area contributed by atoms with E-state index in [1.165, 1.54) is 6.92 Å². The van der Waals surface area contributed by atoms with Gasteiger partial charge in [0.25, 0.3) is 5.91 Å². The number of ether oxygens (including phenoxy) is 2. The van der Waals surface area contributed by atoms with Crippen LogP contribution in [-0.2, 0) is 15.1 Å². The van der Waals surface area contributed by atoms with Crippen molar-refractivity contribution in [3.8, 4) is 23.0 Å². The Kier molecular flexibility index (Phi) is 7.75. The third kappa shape index (κ3) is 6.25. The van der Waals surface area contributed by atoms with Gasteiger partial charge < -0.3 is 25.1 Å². The Morgan fingerprint density at radius 3 is 2.54 bits per heavy atom. The number of amides is 2. The van der Waals surface area contributed by atoms with Gasteiger partial charge in [0.15, 0.2) is 5.65 Å². The highest BCUT2D eigenvalue weighted by Gasteiger charge is 2.21. The normalized spacial score (nSPS) is 11.4. The Balaban J connectivity index is 1.54. The molecule has 4 rings (SSSR count). The number of carbonyl (C=O) groups excluding carboxylic acids is 2. The number of fused-ring (bicyclic) bond motifs is 1. The van der Waals surface area contributed by atoms with Crippen molar-refractivity contribution in [2.75, 3.05) is 20.3 Å². The van der Waals surface area contributed by atoms with Gasteiger partial charge in [0.2, 0.25) is 5.91 Å². The number of nitrogens with zero attached hydrogens (tertiary/aromatic N) is 2. The first-order valence-corrected chi connectivity index (χ1v) is 12.0. The summed E-state index contributed by atoms with van der Waals surface area (Å²) in [6.07, 6.45) is 0. The maximum Gasteiger partial charge on any atom is 0.301 e. The van der Waals surface area contributed by atoms with Gasteiger partial charge in [-0.2, -0.15) is 4.98 Å². The average Bonchev–Trinajstić information content (AvgIpc) is 3.24. The highest BCUT2D eigenvalue weighted by atomic mass is 35.5. The van der Waals surface area contributed by atoms with Crippen LogP contribution in [0.2, 0.25) is 5.02 Å². The van der Waals surface area contributed by atoms with E-state index in [0.29, 0.717) is 51.9 Å². The topological polar surface area (TPSA) is 118 Å². The van der Waals surface area contributed by atoms with Crippen LogP contribution in [-0.4, -0.2) is 47.0 Å². The van der Waals surface area contributed by atoms with Crippen molar-refractivity contribution < 1.29 is 19.1 Å². The van der Waals surface area contributed by atoms with E-state index in [4.69, 9.17) is 21.1 Å². The fourth-order valence-corrected chi connectivity index (χ4v) is 4.15. The lowest BCUT2D eigenvalue weighted by Crippen LogP contribution is -2.39. The zero-order valence-electron chi connectivity index (χ0n) is 21.0. The lowest BCUT2D eigenvalue weighted by atomic mass is 9.94. The molecule has 2 heterocycles. The highest BCUT2D eigenvalue weighted by molar-refractivity contribution is 6.33. The summed E-state index contributed by atoms with van der Waals surface area (Å²) in [6, 6.07) is 16.4. The molecular weight excluding hydrogens is 494 g/mol. The Morgan fingerprint density at radius 1 is 1.08 bits per heavy atom. The van der Waals surface area contributed by atoms with Crippen molar-refractivity contribution in [1.82, 2.24) is 25.6 Å². The minimum atomic E-state index is -0.511. The van der Waals surface area contributed by atoms with E-state index in [2.05, 4.69) is 25.6 Å². The largest absolute Gasteiger partial charge is 0.426 e. The van der Waals surface area contributed by atoms with Gasteiger partial charge in [-0.1, -0.05) is 35.9 Å². The summed E-state index contributed by atoms with van der Waals surface area (Å²) in [4.78, 5) is 36.0. The highest BCUT2D eigenvalue weighted by Crippen LogP contribution is 2.31. The third-order valence-electron chi connectivity index (χ3n) is 5.67. The molecule has 0 unspecified atom stereocenters. The molecule has 0 atom stereocenters. The minimum absolute atomic E-state index is 0.102. The van der Waals surface area contributed by atoms with Crippen LogP contribution in [0.15, 0.2) is 54.6 Å². The van der Waals surface area contributed by atoms with Gasteiger partial charge in [-0.15, -0.1) is 0 Å². The molecule has 0 aliphatic heterocycles. The smallest absolute Gasteiger partial charge is 0.301 e. The maximum atomic E-state index is 12.4. The Morgan fingerprint density at radius 2 is 1.84 bits per heavy atom. The Bertz CT molecular complexity index is 1430. The van der Waals surface area contributed by atoms with Crippen LogP contribution in [0, 0.1) is 0 Å². The molecule has 9 nitrogen and oxygen atoms in total. The number of H-pyrrole nitrogens is 1. The molecule has 37 heavy (non-hydrogen) atoms. The second-order valence-electron chi connectivity index (χ2n) is 8.99. The quantitative estimate of drug-likeness (QED) is 0.272. The number of halogens is 1. The fourth-order valence-electron chi connectivity index (χ4n) is 3.89. The zero-order valence-corrected chi connectivity index (χ0v) is 21.8. The number of aromatic amines is 1. The number of carbonyl (C=O) groups is 2. The third-order valence-corrected chi connectivity index (χ3v) is 5.96. The molecule has 0 bridgehead atoms. The average molecular weight is 522 g/mol. The number of methoxy groups -OCH3 is 1. The predicted octanol–water partition coefficient (Wildman–Crippen LogP) is 4.82. The van der Waals surface area contributed by atoms with Crippen molar-refractivity contribution in [2.24, 2.45) is 0 Å². The second-order valence-corrected chi connectivity index (χ2v) is 9.40. The summed E-state index contributed by atoms with van der Waals surface area (Å²) in [6.45, 7) is 6.19. The molecule has 10 heteroatoms. The molecule has 0 saturated carbocycles. The molecule has 0 aliphatic rings. The van der Waals surface area contributed by atoms with Crippen LogP contribution in [0.3, 0.4) is 0 Å². The molecule has 2 amide bonds. The molecule has 3 N–H and O–H groups in total.